The SMILES string of the molecule is CCCOCCn1c(=O)c(NCC(=O)N2CC[C@@H](O)C2)nc2ncc(-c3ccc(OC)nc3)cc21. The maximum absolute atomic E-state index is 13.3. The van der Waals surface area contributed by atoms with E-state index in [-0.39, 0.29) is 23.8 Å². The second-order valence-electron chi connectivity index (χ2n) is 8.32. The van der Waals surface area contributed by atoms with Crippen LogP contribution in [0.5, 0.6) is 5.88 Å². The number of carbonyl (C=O) groups excluding carboxylic acids is 1. The van der Waals surface area contributed by atoms with Gasteiger partial charge in [0.15, 0.2) is 11.5 Å². The van der Waals surface area contributed by atoms with Gasteiger partial charge >= 0.3 is 0 Å². The molecular weight excluding hydrogens is 452 g/mol. The first-order chi connectivity index (χ1) is 17.0. The van der Waals surface area contributed by atoms with E-state index in [1.807, 2.05) is 19.1 Å². The van der Waals surface area contributed by atoms with Crippen LogP contribution in [-0.4, -0.2) is 81.5 Å². The first-order valence-corrected chi connectivity index (χ1v) is 11.7. The molecule has 1 saturated heterocycles. The quantitative estimate of drug-likeness (QED) is 0.410. The molecule has 3 aromatic rings. The number of aliphatic hydroxyl groups excluding tert-OH is 1. The van der Waals surface area contributed by atoms with E-state index in [0.29, 0.717) is 56.3 Å². The fourth-order valence-electron chi connectivity index (χ4n) is 3.93. The largest absolute Gasteiger partial charge is 0.481 e. The summed E-state index contributed by atoms with van der Waals surface area (Å²) in [6.07, 6.45) is 4.28. The topological polar surface area (TPSA) is 132 Å². The van der Waals surface area contributed by atoms with Gasteiger partial charge in [-0.3, -0.25) is 14.2 Å². The van der Waals surface area contributed by atoms with Crippen molar-refractivity contribution >= 4 is 22.9 Å². The molecule has 11 heteroatoms. The zero-order valence-electron chi connectivity index (χ0n) is 19.9. The molecule has 0 bridgehead atoms. The Kier molecular flexibility index (Phi) is 7.88. The molecule has 0 saturated carbocycles. The van der Waals surface area contributed by atoms with Gasteiger partial charge in [0.05, 0.1) is 31.9 Å². The number of hydrogen-bond acceptors (Lipinski definition) is 9. The number of β-amino-alcohol motifs (C(OH)–C–C–N with tert-alkyl or cyclic N) is 1. The average molecular weight is 483 g/mol. The number of amides is 1. The molecule has 0 unspecified atom stereocenters. The third-order valence-electron chi connectivity index (χ3n) is 5.81. The molecule has 1 amide bonds. The van der Waals surface area contributed by atoms with Gasteiger partial charge in [-0.25, -0.2) is 15.0 Å². The highest BCUT2D eigenvalue weighted by atomic mass is 16.5. The molecule has 1 fully saturated rings. The molecule has 0 spiro atoms. The van der Waals surface area contributed by atoms with E-state index in [2.05, 4.69) is 20.3 Å². The van der Waals surface area contributed by atoms with Crippen molar-refractivity contribution in [1.82, 2.24) is 24.4 Å². The van der Waals surface area contributed by atoms with Gasteiger partial charge in [0.25, 0.3) is 5.56 Å². The first-order valence-electron chi connectivity index (χ1n) is 11.7. The lowest BCUT2D eigenvalue weighted by Crippen LogP contribution is -2.36. The van der Waals surface area contributed by atoms with Crippen LogP contribution < -0.4 is 15.6 Å². The number of pyridine rings is 2. The van der Waals surface area contributed by atoms with Crippen LogP contribution in [0.1, 0.15) is 19.8 Å². The predicted molar refractivity (Wildman–Crippen MR) is 130 cm³/mol. The Morgan fingerprint density at radius 1 is 1.23 bits per heavy atom. The van der Waals surface area contributed by atoms with Crippen molar-refractivity contribution in [3.63, 3.8) is 0 Å². The molecule has 0 aliphatic carbocycles. The Balaban J connectivity index is 1.64. The zero-order valence-corrected chi connectivity index (χ0v) is 19.9. The van der Waals surface area contributed by atoms with Crippen molar-refractivity contribution in [2.24, 2.45) is 0 Å². The van der Waals surface area contributed by atoms with Crippen molar-refractivity contribution in [2.75, 3.05) is 45.3 Å². The summed E-state index contributed by atoms with van der Waals surface area (Å²) in [6, 6.07) is 5.47. The molecule has 1 atom stereocenters. The van der Waals surface area contributed by atoms with Crippen molar-refractivity contribution in [3.05, 3.63) is 40.9 Å². The van der Waals surface area contributed by atoms with Gasteiger partial charge in [0, 0.05) is 55.8 Å². The number of aliphatic hydroxyl groups is 1. The van der Waals surface area contributed by atoms with Crippen molar-refractivity contribution < 1.29 is 19.4 Å². The van der Waals surface area contributed by atoms with E-state index in [1.54, 1.807) is 35.0 Å². The van der Waals surface area contributed by atoms with Crippen LogP contribution in [0.15, 0.2) is 35.4 Å². The van der Waals surface area contributed by atoms with Crippen molar-refractivity contribution in [2.45, 2.75) is 32.4 Å². The highest BCUT2D eigenvalue weighted by Gasteiger charge is 2.24. The fraction of sp³-hybridized carbons (Fsp3) is 0.458. The summed E-state index contributed by atoms with van der Waals surface area (Å²) < 4.78 is 12.3. The lowest BCUT2D eigenvalue weighted by molar-refractivity contribution is -0.128. The number of methoxy groups -OCH3 is 1. The Bertz CT molecular complexity index is 1230. The fourth-order valence-corrected chi connectivity index (χ4v) is 3.93. The summed E-state index contributed by atoms with van der Waals surface area (Å²) in [6.45, 7) is 3.98. The predicted octanol–water partition coefficient (Wildman–Crippen LogP) is 1.29. The summed E-state index contributed by atoms with van der Waals surface area (Å²) in [5, 5.41) is 12.5. The molecule has 1 aliphatic rings. The molecule has 11 nitrogen and oxygen atoms in total. The first kappa shape index (κ1) is 24.6. The summed E-state index contributed by atoms with van der Waals surface area (Å²) in [7, 11) is 1.55. The smallest absolute Gasteiger partial charge is 0.293 e. The standard InChI is InChI=1S/C24H30N6O5/c1-3-9-35-10-8-30-19-11-17(16-4-5-20(34-2)25-12-16)13-26-22(19)28-23(24(30)33)27-14-21(32)29-7-6-18(31)15-29/h4-5,11-13,18,31H,3,6-10,14-15H2,1-2H3,(H,26,27,28)/t18-/m1/s1. The molecule has 4 rings (SSSR count). The summed E-state index contributed by atoms with van der Waals surface area (Å²) >= 11 is 0. The Morgan fingerprint density at radius 2 is 2.06 bits per heavy atom. The third-order valence-corrected chi connectivity index (χ3v) is 5.81. The van der Waals surface area contributed by atoms with Crippen LogP contribution in [0.3, 0.4) is 0 Å². The van der Waals surface area contributed by atoms with Crippen LogP contribution in [0, 0.1) is 0 Å². The lowest BCUT2D eigenvalue weighted by Gasteiger charge is -2.17. The molecule has 2 N–H and O–H groups in total. The summed E-state index contributed by atoms with van der Waals surface area (Å²) in [5.74, 6) is 0.353. The van der Waals surface area contributed by atoms with E-state index >= 15 is 0 Å². The number of aromatic nitrogens is 4. The van der Waals surface area contributed by atoms with Crippen LogP contribution >= 0.6 is 0 Å². The maximum Gasteiger partial charge on any atom is 0.293 e. The van der Waals surface area contributed by atoms with Crippen LogP contribution in [0.4, 0.5) is 5.82 Å². The van der Waals surface area contributed by atoms with E-state index in [9.17, 15) is 14.7 Å². The Hall–Kier alpha value is -3.57. The third kappa shape index (κ3) is 5.75. The van der Waals surface area contributed by atoms with Gasteiger partial charge in [-0.1, -0.05) is 6.92 Å². The summed E-state index contributed by atoms with van der Waals surface area (Å²) in [5.41, 5.74) is 2.17. The molecule has 35 heavy (non-hydrogen) atoms. The van der Waals surface area contributed by atoms with Gasteiger partial charge in [-0.05, 0) is 25.0 Å². The van der Waals surface area contributed by atoms with Gasteiger partial charge in [0.1, 0.15) is 0 Å². The minimum atomic E-state index is -0.502. The second kappa shape index (κ2) is 11.2. The van der Waals surface area contributed by atoms with Gasteiger partial charge in [0.2, 0.25) is 11.8 Å². The zero-order chi connectivity index (χ0) is 24.8. The van der Waals surface area contributed by atoms with Crippen molar-refractivity contribution in [1.29, 1.82) is 0 Å². The summed E-state index contributed by atoms with van der Waals surface area (Å²) in [4.78, 5) is 40.5. The highest BCUT2D eigenvalue weighted by molar-refractivity contribution is 5.82. The van der Waals surface area contributed by atoms with E-state index in [1.165, 1.54) is 0 Å². The highest BCUT2D eigenvalue weighted by Crippen LogP contribution is 2.23. The number of nitrogens with zero attached hydrogens (tertiary/aromatic N) is 5. The van der Waals surface area contributed by atoms with E-state index < -0.39 is 6.10 Å². The van der Waals surface area contributed by atoms with Gasteiger partial charge in [-0.2, -0.15) is 0 Å². The van der Waals surface area contributed by atoms with E-state index in [4.69, 9.17) is 9.47 Å². The minimum absolute atomic E-state index is 0.0486. The Labute approximate surface area is 202 Å². The number of nitrogens with one attached hydrogen (secondary N) is 1. The molecule has 4 heterocycles. The number of fused-ring (bicyclic) bond motifs is 1. The van der Waals surface area contributed by atoms with Crippen LogP contribution in [0.25, 0.3) is 22.3 Å². The number of likely N-dealkylation sites (tertiary alicyclic amines) is 1. The van der Waals surface area contributed by atoms with E-state index in [0.717, 1.165) is 17.5 Å². The number of rotatable bonds is 10. The normalized spacial score (nSPS) is 15.5. The monoisotopic (exact) mass is 482 g/mol. The van der Waals surface area contributed by atoms with Gasteiger partial charge < -0.3 is 24.8 Å². The van der Waals surface area contributed by atoms with Crippen LogP contribution in [0.2, 0.25) is 0 Å². The number of anilines is 1. The molecule has 186 valence electrons. The number of carbonyl (C=O) groups is 1. The molecule has 0 radical (unpaired) electrons. The van der Waals surface area contributed by atoms with Crippen LogP contribution in [-0.2, 0) is 16.1 Å². The molecule has 1 aliphatic heterocycles. The number of ether oxygens (including phenoxy) is 2. The molecule has 0 aromatic carbocycles. The van der Waals surface area contributed by atoms with Gasteiger partial charge in [-0.15, -0.1) is 0 Å². The molecule has 3 aromatic heterocycles. The second-order valence-corrected chi connectivity index (χ2v) is 8.32. The average Bonchev–Trinajstić information content (AvgIpc) is 3.32. The Morgan fingerprint density at radius 3 is 2.74 bits per heavy atom. The lowest BCUT2D eigenvalue weighted by atomic mass is 10.1. The number of hydrogen-bond donors (Lipinski definition) is 2. The van der Waals surface area contributed by atoms with Crippen molar-refractivity contribution in [3.8, 4) is 17.0 Å². The molecular formula is C24H30N6O5. The minimum Gasteiger partial charge on any atom is -0.481 e. The maximum atomic E-state index is 13.3.